The van der Waals surface area contributed by atoms with E-state index in [-0.39, 0.29) is 6.10 Å². The first kappa shape index (κ1) is 40.7. The Morgan fingerprint density at radius 2 is 0.857 bits per heavy atom. The molecule has 0 aliphatic carbocycles. The van der Waals surface area contributed by atoms with Crippen molar-refractivity contribution in [2.24, 2.45) is 0 Å². The SMILES string of the molecule is CCOc1cc(Cc2cc(Cc3cc(Cc4cc(Cc5cccc(OCC)c5C)cc(OCC)c4C)cc(OCC4CO4)c3C)cc(OCC)c2C)ccc1C. The molecule has 1 unspecified atom stereocenters. The van der Waals surface area contributed by atoms with Gasteiger partial charge < -0.3 is 28.4 Å². The largest absolute Gasteiger partial charge is 0.494 e. The zero-order chi connectivity index (χ0) is 39.8. The summed E-state index contributed by atoms with van der Waals surface area (Å²) < 4.78 is 36.4. The van der Waals surface area contributed by atoms with Gasteiger partial charge in [-0.25, -0.2) is 0 Å². The van der Waals surface area contributed by atoms with Crippen molar-refractivity contribution < 1.29 is 28.4 Å². The van der Waals surface area contributed by atoms with Gasteiger partial charge in [0.2, 0.25) is 0 Å². The Morgan fingerprint density at radius 3 is 1.36 bits per heavy atom. The minimum Gasteiger partial charge on any atom is -0.494 e. The summed E-state index contributed by atoms with van der Waals surface area (Å²) in [6.07, 6.45) is 3.25. The third-order valence-corrected chi connectivity index (χ3v) is 10.8. The van der Waals surface area contributed by atoms with Crippen molar-refractivity contribution in [1.29, 1.82) is 0 Å². The van der Waals surface area contributed by atoms with E-state index in [1.807, 2.05) is 27.7 Å². The molecule has 1 aliphatic rings. The van der Waals surface area contributed by atoms with Crippen LogP contribution in [0.15, 0.2) is 72.8 Å². The highest BCUT2D eigenvalue weighted by atomic mass is 16.6. The summed E-state index contributed by atoms with van der Waals surface area (Å²) >= 11 is 0. The van der Waals surface area contributed by atoms with Gasteiger partial charge in [0.1, 0.15) is 41.5 Å². The smallest absolute Gasteiger partial charge is 0.122 e. The molecule has 56 heavy (non-hydrogen) atoms. The Bertz CT molecular complexity index is 2130. The van der Waals surface area contributed by atoms with Gasteiger partial charge >= 0.3 is 0 Å². The number of benzene rings is 5. The molecule has 1 atom stereocenters. The van der Waals surface area contributed by atoms with E-state index in [1.165, 1.54) is 61.2 Å². The second-order valence-corrected chi connectivity index (χ2v) is 15.0. The lowest BCUT2D eigenvalue weighted by Gasteiger charge is -2.19. The van der Waals surface area contributed by atoms with Crippen LogP contribution in [0, 0.1) is 34.6 Å². The fraction of sp³-hybridized carbons (Fsp3) is 0.400. The number of epoxide rings is 1. The van der Waals surface area contributed by atoms with E-state index >= 15 is 0 Å². The molecule has 0 saturated carbocycles. The lowest BCUT2D eigenvalue weighted by Crippen LogP contribution is -2.08. The van der Waals surface area contributed by atoms with Gasteiger partial charge in [0, 0.05) is 0 Å². The minimum atomic E-state index is 0.164. The Labute approximate surface area is 335 Å². The summed E-state index contributed by atoms with van der Waals surface area (Å²) in [7, 11) is 0. The summed E-state index contributed by atoms with van der Waals surface area (Å²) in [5.41, 5.74) is 15.7. The monoisotopic (exact) mass is 756 g/mol. The summed E-state index contributed by atoms with van der Waals surface area (Å²) in [4.78, 5) is 0. The number of ether oxygens (including phenoxy) is 6. The first-order valence-electron chi connectivity index (χ1n) is 20.4. The van der Waals surface area contributed by atoms with Gasteiger partial charge in [0.05, 0.1) is 33.0 Å². The van der Waals surface area contributed by atoms with Crippen LogP contribution in [0.5, 0.6) is 28.7 Å². The van der Waals surface area contributed by atoms with Crippen LogP contribution in [0.4, 0.5) is 0 Å². The first-order chi connectivity index (χ1) is 27.1. The van der Waals surface area contributed by atoms with Crippen LogP contribution < -0.4 is 23.7 Å². The zero-order valence-corrected chi connectivity index (χ0v) is 35.0. The van der Waals surface area contributed by atoms with Crippen molar-refractivity contribution in [2.75, 3.05) is 39.6 Å². The number of rotatable bonds is 19. The van der Waals surface area contributed by atoms with Crippen molar-refractivity contribution in [1.82, 2.24) is 0 Å². The highest BCUT2D eigenvalue weighted by Gasteiger charge is 2.24. The van der Waals surface area contributed by atoms with E-state index in [0.717, 1.165) is 72.2 Å². The van der Waals surface area contributed by atoms with E-state index in [2.05, 4.69) is 107 Å². The van der Waals surface area contributed by atoms with Crippen LogP contribution in [0.1, 0.15) is 100 Å². The molecule has 0 bridgehead atoms. The molecule has 0 aromatic heterocycles. The second-order valence-electron chi connectivity index (χ2n) is 15.0. The van der Waals surface area contributed by atoms with Crippen LogP contribution in [0.2, 0.25) is 0 Å². The quantitative estimate of drug-likeness (QED) is 0.0782. The minimum absolute atomic E-state index is 0.164. The fourth-order valence-electron chi connectivity index (χ4n) is 7.50. The average molecular weight is 757 g/mol. The van der Waals surface area contributed by atoms with Crippen molar-refractivity contribution in [3.05, 3.63) is 145 Å². The molecule has 6 rings (SSSR count). The van der Waals surface area contributed by atoms with Gasteiger partial charge in [0.15, 0.2) is 0 Å². The maximum Gasteiger partial charge on any atom is 0.122 e. The molecule has 1 fully saturated rings. The Kier molecular flexibility index (Phi) is 13.7. The summed E-state index contributed by atoms with van der Waals surface area (Å²) in [6, 6.07) is 26.6. The van der Waals surface area contributed by atoms with Crippen LogP contribution in [-0.2, 0) is 30.4 Å². The van der Waals surface area contributed by atoms with Crippen LogP contribution in [-0.4, -0.2) is 45.7 Å². The summed E-state index contributed by atoms with van der Waals surface area (Å²) in [5.74, 6) is 4.67. The van der Waals surface area contributed by atoms with Gasteiger partial charge in [-0.2, -0.15) is 0 Å². The van der Waals surface area contributed by atoms with Crippen LogP contribution in [0.25, 0.3) is 0 Å². The molecule has 6 heteroatoms. The molecule has 5 aromatic rings. The molecule has 6 nitrogen and oxygen atoms in total. The molecule has 0 radical (unpaired) electrons. The predicted molar refractivity (Wildman–Crippen MR) is 227 cm³/mol. The van der Waals surface area contributed by atoms with Gasteiger partial charge in [0.25, 0.3) is 0 Å². The molecular formula is C50H60O6. The Balaban J connectivity index is 1.36. The predicted octanol–water partition coefficient (Wildman–Crippen LogP) is 11.0. The summed E-state index contributed by atoms with van der Waals surface area (Å²) in [6.45, 7) is 22.7. The number of hydrogen-bond donors (Lipinski definition) is 0. The molecule has 0 N–H and O–H groups in total. The topological polar surface area (TPSA) is 58.7 Å². The average Bonchev–Trinajstić information content (AvgIpc) is 4.01. The van der Waals surface area contributed by atoms with Crippen LogP contribution in [0.3, 0.4) is 0 Å². The van der Waals surface area contributed by atoms with Gasteiger partial charge in [-0.15, -0.1) is 0 Å². The number of aryl methyl sites for hydroxylation is 1. The van der Waals surface area contributed by atoms with Crippen molar-refractivity contribution in [3.8, 4) is 28.7 Å². The van der Waals surface area contributed by atoms with E-state index in [0.29, 0.717) is 33.0 Å². The normalized spacial score (nSPS) is 13.4. The lowest BCUT2D eigenvalue weighted by molar-refractivity contribution is 0.261. The van der Waals surface area contributed by atoms with Crippen LogP contribution >= 0.6 is 0 Å². The maximum atomic E-state index is 6.48. The standard InChI is InChI=1S/C50H60O6/c1-10-51-46-16-14-15-41(33(46)6)20-38-21-43(35(8)48(27-38)53-12-3)24-40-25-44(36(9)50(29-40)56-31-45-30-55-45)23-39-22-42(34(7)49(28-39)54-13-4)19-37-18-17-32(5)47(26-37)52-11-2/h14-18,21-22,25-29,45H,10-13,19-20,23-24,30-31H2,1-9H3. The molecule has 1 saturated heterocycles. The van der Waals surface area contributed by atoms with Gasteiger partial charge in [-0.1, -0.05) is 42.5 Å². The third kappa shape index (κ3) is 10.1. The highest BCUT2D eigenvalue weighted by molar-refractivity contribution is 5.53. The molecule has 1 heterocycles. The molecule has 296 valence electrons. The molecule has 5 aromatic carbocycles. The van der Waals surface area contributed by atoms with Crippen molar-refractivity contribution in [3.63, 3.8) is 0 Å². The van der Waals surface area contributed by atoms with E-state index in [4.69, 9.17) is 28.4 Å². The van der Waals surface area contributed by atoms with E-state index < -0.39 is 0 Å². The zero-order valence-electron chi connectivity index (χ0n) is 35.0. The molecule has 0 spiro atoms. The number of hydrogen-bond acceptors (Lipinski definition) is 6. The molecule has 1 aliphatic heterocycles. The Hall–Kier alpha value is -4.94. The maximum absolute atomic E-state index is 6.48. The summed E-state index contributed by atoms with van der Waals surface area (Å²) in [5, 5.41) is 0. The second kappa shape index (κ2) is 18.8. The van der Waals surface area contributed by atoms with E-state index in [9.17, 15) is 0 Å². The van der Waals surface area contributed by atoms with Crippen molar-refractivity contribution in [2.45, 2.75) is 94.1 Å². The van der Waals surface area contributed by atoms with Crippen molar-refractivity contribution >= 4 is 0 Å². The lowest BCUT2D eigenvalue weighted by atomic mass is 9.90. The molecular weight excluding hydrogens is 697 g/mol. The first-order valence-corrected chi connectivity index (χ1v) is 20.4. The van der Waals surface area contributed by atoms with E-state index in [1.54, 1.807) is 0 Å². The molecule has 0 amide bonds. The Morgan fingerprint density at radius 1 is 0.446 bits per heavy atom. The highest BCUT2D eigenvalue weighted by Crippen LogP contribution is 2.35. The van der Waals surface area contributed by atoms with Gasteiger partial charge in [-0.05, 0) is 191 Å². The van der Waals surface area contributed by atoms with Gasteiger partial charge in [-0.3, -0.25) is 0 Å². The fourth-order valence-corrected chi connectivity index (χ4v) is 7.50. The third-order valence-electron chi connectivity index (χ3n) is 10.8.